The van der Waals surface area contributed by atoms with Gasteiger partial charge in [0.05, 0.1) is 26.6 Å². The highest BCUT2D eigenvalue weighted by atomic mass is 79.9. The summed E-state index contributed by atoms with van der Waals surface area (Å²) >= 11 is 13.0. The molecule has 0 unspecified atom stereocenters. The summed E-state index contributed by atoms with van der Waals surface area (Å²) in [7, 11) is 0. The molecule has 3 aromatic rings. The minimum Gasteiger partial charge on any atom is -0.479 e. The van der Waals surface area contributed by atoms with Gasteiger partial charge in [0.15, 0.2) is 11.9 Å². The Morgan fingerprint density at radius 1 is 1.34 bits per heavy atom. The fourth-order valence-corrected chi connectivity index (χ4v) is 4.25. The fraction of sp³-hybridized carbons (Fsp3) is 0.273. The summed E-state index contributed by atoms with van der Waals surface area (Å²) in [6.07, 6.45) is 2.88. The van der Waals surface area contributed by atoms with Crippen LogP contribution in [0.25, 0.3) is 10.9 Å². The Hall–Kier alpha value is -2.23. The molecule has 3 rings (SSSR count). The number of carboxylic acids is 1. The minimum atomic E-state index is -1.10. The Morgan fingerprint density at radius 3 is 2.75 bits per heavy atom. The molecule has 0 fully saturated rings. The van der Waals surface area contributed by atoms with Gasteiger partial charge in [0, 0.05) is 10.9 Å². The van der Waals surface area contributed by atoms with Crippen LogP contribution in [-0.4, -0.2) is 33.1 Å². The average molecular weight is 586 g/mol. The van der Waals surface area contributed by atoms with E-state index >= 15 is 0 Å². The van der Waals surface area contributed by atoms with Gasteiger partial charge in [0.2, 0.25) is 0 Å². The molecule has 168 valence electrons. The summed E-state index contributed by atoms with van der Waals surface area (Å²) in [4.78, 5) is 28.8. The maximum atomic E-state index is 13.1. The lowest BCUT2D eigenvalue weighted by molar-refractivity contribution is -0.144. The van der Waals surface area contributed by atoms with Gasteiger partial charge in [-0.05, 0) is 65.2 Å². The highest BCUT2D eigenvalue weighted by molar-refractivity contribution is 9.10. The predicted molar refractivity (Wildman–Crippen MR) is 132 cm³/mol. The van der Waals surface area contributed by atoms with Crippen molar-refractivity contribution in [2.45, 2.75) is 39.2 Å². The number of fused-ring (bicyclic) bond motifs is 1. The number of unbranched alkanes of at least 4 members (excludes halogenated alkanes) is 1. The second-order valence-corrected chi connectivity index (χ2v) is 9.24. The zero-order valence-corrected chi connectivity index (χ0v) is 21.2. The van der Waals surface area contributed by atoms with Gasteiger partial charge in [-0.3, -0.25) is 4.79 Å². The fourth-order valence-electron chi connectivity index (χ4n) is 2.93. The molecule has 1 heterocycles. The Morgan fingerprint density at radius 2 is 2.09 bits per heavy atom. The summed E-state index contributed by atoms with van der Waals surface area (Å²) in [6, 6.07) is 8.64. The van der Waals surface area contributed by atoms with Crippen molar-refractivity contribution in [1.29, 1.82) is 0 Å². The first-order valence-electron chi connectivity index (χ1n) is 9.85. The quantitative estimate of drug-likeness (QED) is 0.345. The van der Waals surface area contributed by atoms with Crippen molar-refractivity contribution in [2.75, 3.05) is 0 Å². The van der Waals surface area contributed by atoms with E-state index in [2.05, 4.69) is 48.9 Å². The lowest BCUT2D eigenvalue weighted by atomic mass is 10.2. The molecule has 32 heavy (non-hydrogen) atoms. The lowest BCUT2D eigenvalue weighted by Gasteiger charge is -2.14. The van der Waals surface area contributed by atoms with Gasteiger partial charge in [-0.2, -0.15) is 9.78 Å². The Balaban J connectivity index is 2.03. The van der Waals surface area contributed by atoms with Crippen LogP contribution >= 0.6 is 43.5 Å². The number of nitrogens with zero attached hydrogens (tertiary/aromatic N) is 3. The van der Waals surface area contributed by atoms with Crippen molar-refractivity contribution in [3.8, 4) is 5.75 Å². The third-order valence-electron chi connectivity index (χ3n) is 4.61. The number of benzene rings is 2. The number of rotatable bonds is 8. The number of aromatic nitrogens is 2. The summed E-state index contributed by atoms with van der Waals surface area (Å²) in [5.41, 5.74) is 0.953. The normalized spacial score (nSPS) is 12.4. The Kier molecular flexibility index (Phi) is 8.08. The highest BCUT2D eigenvalue weighted by Gasteiger charge is 2.17. The molecule has 1 aromatic heterocycles. The van der Waals surface area contributed by atoms with Crippen LogP contribution in [0.5, 0.6) is 5.75 Å². The lowest BCUT2D eigenvalue weighted by Crippen LogP contribution is -2.23. The van der Waals surface area contributed by atoms with Gasteiger partial charge in [-0.15, -0.1) is 0 Å². The second-order valence-electron chi connectivity index (χ2n) is 7.07. The highest BCUT2D eigenvalue weighted by Crippen LogP contribution is 2.35. The first-order chi connectivity index (χ1) is 15.2. The smallest absolute Gasteiger partial charge is 0.344 e. The van der Waals surface area contributed by atoms with Crippen molar-refractivity contribution in [3.05, 3.63) is 66.0 Å². The summed E-state index contributed by atoms with van der Waals surface area (Å²) in [5, 5.41) is 14.1. The predicted octanol–water partition coefficient (Wildman–Crippen LogP) is 5.65. The number of ether oxygens (including phenoxy) is 1. The molecule has 2 aromatic carbocycles. The SMILES string of the molecule is CCCCc1nc2ccc(Br)cc2c(=O)n1N=Cc1cc(Cl)c(O[C@@H](C)C(=O)O)c(Br)c1. The topological polar surface area (TPSA) is 93.8 Å². The van der Waals surface area contributed by atoms with Crippen molar-refractivity contribution in [3.63, 3.8) is 0 Å². The molecule has 0 spiro atoms. The Bertz CT molecular complexity index is 1240. The van der Waals surface area contributed by atoms with Crippen LogP contribution in [0.15, 0.2) is 49.2 Å². The van der Waals surface area contributed by atoms with E-state index in [4.69, 9.17) is 21.4 Å². The largest absolute Gasteiger partial charge is 0.479 e. The second kappa shape index (κ2) is 10.6. The standard InChI is InChI=1S/C22H20Br2ClN3O4/c1-3-4-5-19-27-18-7-6-14(23)10-15(18)21(29)28(19)26-11-13-8-16(24)20(17(25)9-13)32-12(2)22(30)31/h6-12H,3-5H2,1-2H3,(H,30,31)/t12-/m0/s1. The summed E-state index contributed by atoms with van der Waals surface area (Å²) in [6.45, 7) is 3.48. The molecule has 0 aliphatic carbocycles. The maximum Gasteiger partial charge on any atom is 0.344 e. The van der Waals surface area contributed by atoms with Crippen LogP contribution in [0.2, 0.25) is 5.02 Å². The maximum absolute atomic E-state index is 13.1. The van der Waals surface area contributed by atoms with Crippen molar-refractivity contribution >= 4 is 66.5 Å². The Labute approximate surface area is 206 Å². The third kappa shape index (κ3) is 5.57. The van der Waals surface area contributed by atoms with Crippen LogP contribution < -0.4 is 10.3 Å². The summed E-state index contributed by atoms with van der Waals surface area (Å²) in [5.74, 6) is -0.312. The molecule has 0 bridgehead atoms. The van der Waals surface area contributed by atoms with E-state index in [1.165, 1.54) is 17.8 Å². The van der Waals surface area contributed by atoms with Gasteiger partial charge in [-0.25, -0.2) is 9.78 Å². The van der Waals surface area contributed by atoms with Crippen molar-refractivity contribution < 1.29 is 14.6 Å². The van der Waals surface area contributed by atoms with Crippen LogP contribution in [0, 0.1) is 0 Å². The third-order valence-corrected chi connectivity index (χ3v) is 5.98. The monoisotopic (exact) mass is 583 g/mol. The van der Waals surface area contributed by atoms with E-state index in [-0.39, 0.29) is 16.3 Å². The van der Waals surface area contributed by atoms with Crippen LogP contribution in [0.3, 0.4) is 0 Å². The number of carboxylic acid groups (broad SMARTS) is 1. The van der Waals surface area contributed by atoms with Gasteiger partial charge in [0.25, 0.3) is 5.56 Å². The molecule has 0 saturated heterocycles. The van der Waals surface area contributed by atoms with Crippen LogP contribution in [0.4, 0.5) is 0 Å². The van der Waals surface area contributed by atoms with Gasteiger partial charge in [0.1, 0.15) is 5.82 Å². The number of carbonyl (C=O) groups is 1. The summed E-state index contributed by atoms with van der Waals surface area (Å²) < 4.78 is 7.96. The molecule has 1 atom stereocenters. The zero-order chi connectivity index (χ0) is 23.4. The molecule has 1 N–H and O–H groups in total. The molecule has 0 saturated carbocycles. The first-order valence-corrected chi connectivity index (χ1v) is 11.8. The number of hydrogen-bond acceptors (Lipinski definition) is 5. The molecule has 7 nitrogen and oxygen atoms in total. The van der Waals surface area contributed by atoms with E-state index in [0.29, 0.717) is 33.2 Å². The number of aryl methyl sites for hydroxylation is 1. The van der Waals surface area contributed by atoms with Gasteiger partial charge >= 0.3 is 5.97 Å². The number of hydrogen-bond donors (Lipinski definition) is 1. The van der Waals surface area contributed by atoms with E-state index in [9.17, 15) is 9.59 Å². The van der Waals surface area contributed by atoms with E-state index < -0.39 is 12.1 Å². The average Bonchev–Trinajstić information content (AvgIpc) is 2.74. The molecule has 10 heteroatoms. The first kappa shape index (κ1) is 24.4. The van der Waals surface area contributed by atoms with Crippen LogP contribution in [-0.2, 0) is 11.2 Å². The van der Waals surface area contributed by atoms with Crippen molar-refractivity contribution in [2.24, 2.45) is 5.10 Å². The molecule has 0 aliphatic heterocycles. The van der Waals surface area contributed by atoms with Gasteiger partial charge < -0.3 is 9.84 Å². The molecule has 0 radical (unpaired) electrons. The van der Waals surface area contributed by atoms with Crippen LogP contribution in [0.1, 0.15) is 38.1 Å². The van der Waals surface area contributed by atoms with Crippen molar-refractivity contribution in [1.82, 2.24) is 9.66 Å². The van der Waals surface area contributed by atoms with E-state index in [1.54, 1.807) is 24.3 Å². The molecular formula is C22H20Br2ClN3O4. The van der Waals surface area contributed by atoms with E-state index in [0.717, 1.165) is 17.3 Å². The molecule has 0 amide bonds. The van der Waals surface area contributed by atoms with E-state index in [1.807, 2.05) is 6.07 Å². The zero-order valence-electron chi connectivity index (χ0n) is 17.3. The molecular weight excluding hydrogens is 566 g/mol. The molecule has 0 aliphatic rings. The number of halogens is 3. The number of aliphatic carboxylic acids is 1. The minimum absolute atomic E-state index is 0.216. The van der Waals surface area contributed by atoms with Gasteiger partial charge in [-0.1, -0.05) is 40.9 Å².